The van der Waals surface area contributed by atoms with E-state index in [0.717, 1.165) is 23.1 Å². The Morgan fingerprint density at radius 1 is 1.18 bits per heavy atom. The average molecular weight is 500 g/mol. The maximum absolute atomic E-state index is 12.4. The van der Waals surface area contributed by atoms with E-state index in [1.807, 2.05) is 24.3 Å². The van der Waals surface area contributed by atoms with E-state index in [0.29, 0.717) is 22.3 Å². The van der Waals surface area contributed by atoms with Crippen molar-refractivity contribution >= 4 is 44.9 Å². The zero-order valence-corrected chi connectivity index (χ0v) is 19.6. The molecule has 1 saturated carbocycles. The number of benzene rings is 1. The molecular formula is C22H25ClF3N5OS. The van der Waals surface area contributed by atoms with Crippen molar-refractivity contribution in [2.45, 2.75) is 44.8 Å². The molecule has 3 atom stereocenters. The second-order valence-electron chi connectivity index (χ2n) is 8.44. The number of para-hydroxylation sites is 1. The van der Waals surface area contributed by atoms with Crippen LogP contribution in [0.5, 0.6) is 0 Å². The standard InChI is InChI=1S/C22H25ClF3N5OS/c1-12-9-13(11-32)10-15(12)28-19-17(20-29-14-5-2-3-6-16(14)33-20)18(23)30-21(31-19)27-8-4-7-22(24,25)26/h2-3,5-6,12-13,15,32H,4,7-11H2,1H3,(H2,27,28,30,31)/t12-,13-,15-/m1/s1. The number of halogens is 4. The van der Waals surface area contributed by atoms with Crippen molar-refractivity contribution in [3.05, 3.63) is 29.4 Å². The van der Waals surface area contributed by atoms with Gasteiger partial charge in [-0.2, -0.15) is 18.2 Å². The van der Waals surface area contributed by atoms with Gasteiger partial charge in [-0.05, 0) is 43.2 Å². The van der Waals surface area contributed by atoms with Gasteiger partial charge in [0.15, 0.2) is 0 Å². The quantitative estimate of drug-likeness (QED) is 0.261. The van der Waals surface area contributed by atoms with Gasteiger partial charge in [0.1, 0.15) is 16.0 Å². The van der Waals surface area contributed by atoms with Gasteiger partial charge >= 0.3 is 6.18 Å². The minimum Gasteiger partial charge on any atom is -0.396 e. The van der Waals surface area contributed by atoms with Gasteiger partial charge in [-0.1, -0.05) is 30.7 Å². The van der Waals surface area contributed by atoms with Crippen LogP contribution in [0.4, 0.5) is 24.9 Å². The number of nitrogens with zero attached hydrogens (tertiary/aromatic N) is 3. The average Bonchev–Trinajstić information content (AvgIpc) is 3.33. The fourth-order valence-electron chi connectivity index (χ4n) is 4.18. The number of aromatic nitrogens is 3. The lowest BCUT2D eigenvalue weighted by atomic mass is 10.1. The van der Waals surface area contributed by atoms with E-state index in [1.165, 1.54) is 11.3 Å². The minimum absolute atomic E-state index is 0.0688. The zero-order chi connectivity index (χ0) is 23.6. The van der Waals surface area contributed by atoms with Crippen LogP contribution in [0.15, 0.2) is 24.3 Å². The molecule has 1 fully saturated rings. The number of anilines is 2. The second-order valence-corrected chi connectivity index (χ2v) is 9.83. The summed E-state index contributed by atoms with van der Waals surface area (Å²) in [6.45, 7) is 2.32. The van der Waals surface area contributed by atoms with Crippen molar-refractivity contribution in [3.8, 4) is 10.6 Å². The van der Waals surface area contributed by atoms with E-state index in [9.17, 15) is 18.3 Å². The number of alkyl halides is 3. The molecule has 4 rings (SSSR count). The van der Waals surface area contributed by atoms with E-state index in [4.69, 9.17) is 11.6 Å². The molecule has 1 aromatic carbocycles. The van der Waals surface area contributed by atoms with Gasteiger partial charge in [0.2, 0.25) is 5.95 Å². The third kappa shape index (κ3) is 5.85. The molecule has 0 bridgehead atoms. The van der Waals surface area contributed by atoms with Crippen molar-refractivity contribution in [1.82, 2.24) is 15.0 Å². The van der Waals surface area contributed by atoms with Crippen LogP contribution < -0.4 is 10.6 Å². The maximum atomic E-state index is 12.4. The molecule has 178 valence electrons. The monoisotopic (exact) mass is 499 g/mol. The van der Waals surface area contributed by atoms with Crippen molar-refractivity contribution < 1.29 is 18.3 Å². The molecule has 0 saturated heterocycles. The van der Waals surface area contributed by atoms with Crippen LogP contribution in [0.2, 0.25) is 5.15 Å². The molecule has 2 aromatic heterocycles. The molecule has 3 aromatic rings. The van der Waals surface area contributed by atoms with E-state index in [1.54, 1.807) is 0 Å². The molecule has 3 N–H and O–H groups in total. The van der Waals surface area contributed by atoms with Crippen LogP contribution in [-0.2, 0) is 0 Å². The second kappa shape index (κ2) is 9.99. The van der Waals surface area contributed by atoms with Crippen LogP contribution in [0.1, 0.15) is 32.6 Å². The molecule has 6 nitrogen and oxygen atoms in total. The van der Waals surface area contributed by atoms with Crippen molar-refractivity contribution in [2.24, 2.45) is 11.8 Å². The van der Waals surface area contributed by atoms with Gasteiger partial charge < -0.3 is 15.7 Å². The first-order valence-corrected chi connectivity index (χ1v) is 12.0. The fraction of sp³-hybridized carbons (Fsp3) is 0.500. The fourth-order valence-corrected chi connectivity index (χ4v) is 5.51. The summed E-state index contributed by atoms with van der Waals surface area (Å²) in [7, 11) is 0. The van der Waals surface area contributed by atoms with Gasteiger partial charge in [0.25, 0.3) is 0 Å². The lowest BCUT2D eigenvalue weighted by molar-refractivity contribution is -0.134. The summed E-state index contributed by atoms with van der Waals surface area (Å²) >= 11 is 8.05. The highest BCUT2D eigenvalue weighted by Gasteiger charge is 2.32. The number of rotatable bonds is 8. The number of nitrogens with one attached hydrogen (secondary N) is 2. The van der Waals surface area contributed by atoms with Crippen LogP contribution in [-0.4, -0.2) is 45.4 Å². The van der Waals surface area contributed by atoms with Crippen LogP contribution >= 0.6 is 22.9 Å². The molecule has 0 aliphatic heterocycles. The van der Waals surface area contributed by atoms with Crippen LogP contribution in [0.25, 0.3) is 20.8 Å². The van der Waals surface area contributed by atoms with Gasteiger partial charge in [0, 0.05) is 25.6 Å². The highest BCUT2D eigenvalue weighted by molar-refractivity contribution is 7.21. The highest BCUT2D eigenvalue weighted by Crippen LogP contribution is 2.40. The van der Waals surface area contributed by atoms with Crippen LogP contribution in [0.3, 0.4) is 0 Å². The number of fused-ring (bicyclic) bond motifs is 1. The number of aliphatic hydroxyl groups excluding tert-OH is 1. The predicted octanol–water partition coefficient (Wildman–Crippen LogP) is 5.98. The number of thiazole rings is 1. The van der Waals surface area contributed by atoms with Crippen molar-refractivity contribution in [1.29, 1.82) is 0 Å². The SMILES string of the molecule is C[C@@H]1C[C@@H](CO)C[C@H]1Nc1nc(NCCCC(F)(F)F)nc(Cl)c1-c1nc2ccccc2s1. The third-order valence-corrected chi connectivity index (χ3v) is 7.18. The lowest BCUT2D eigenvalue weighted by Gasteiger charge is -2.21. The summed E-state index contributed by atoms with van der Waals surface area (Å²) < 4.78 is 38.3. The lowest BCUT2D eigenvalue weighted by Crippen LogP contribution is -2.24. The van der Waals surface area contributed by atoms with E-state index < -0.39 is 12.6 Å². The molecule has 0 amide bonds. The first-order valence-electron chi connectivity index (χ1n) is 10.8. The smallest absolute Gasteiger partial charge is 0.389 e. The Morgan fingerprint density at radius 2 is 1.97 bits per heavy atom. The Balaban J connectivity index is 1.64. The molecular weight excluding hydrogens is 475 g/mol. The molecule has 0 spiro atoms. The summed E-state index contributed by atoms with van der Waals surface area (Å²) in [5, 5.41) is 16.7. The molecule has 0 radical (unpaired) electrons. The van der Waals surface area contributed by atoms with Gasteiger partial charge in [-0.15, -0.1) is 11.3 Å². The van der Waals surface area contributed by atoms with Crippen molar-refractivity contribution in [3.63, 3.8) is 0 Å². The Hall–Kier alpha value is -2.17. The maximum Gasteiger partial charge on any atom is 0.389 e. The van der Waals surface area contributed by atoms with Gasteiger partial charge in [-0.25, -0.2) is 9.97 Å². The Labute approximate surface area is 198 Å². The van der Waals surface area contributed by atoms with Gasteiger partial charge in [0.05, 0.1) is 15.8 Å². The number of hydrogen-bond donors (Lipinski definition) is 3. The first-order chi connectivity index (χ1) is 15.7. The molecule has 1 aliphatic carbocycles. The molecule has 2 heterocycles. The summed E-state index contributed by atoms with van der Waals surface area (Å²) in [6.07, 6.45) is -3.50. The Bertz CT molecular complexity index is 1080. The summed E-state index contributed by atoms with van der Waals surface area (Å²) in [4.78, 5) is 13.5. The van der Waals surface area contributed by atoms with E-state index >= 15 is 0 Å². The third-order valence-electron chi connectivity index (χ3n) is 5.85. The number of aliphatic hydroxyl groups is 1. The Morgan fingerprint density at radius 3 is 2.67 bits per heavy atom. The largest absolute Gasteiger partial charge is 0.396 e. The van der Waals surface area contributed by atoms with Gasteiger partial charge in [-0.3, -0.25) is 0 Å². The van der Waals surface area contributed by atoms with E-state index in [2.05, 4.69) is 32.5 Å². The van der Waals surface area contributed by atoms with E-state index in [-0.39, 0.29) is 42.6 Å². The molecule has 0 unspecified atom stereocenters. The topological polar surface area (TPSA) is 83.0 Å². The summed E-state index contributed by atoms with van der Waals surface area (Å²) in [5.74, 6) is 1.17. The van der Waals surface area contributed by atoms with Crippen LogP contribution in [0, 0.1) is 11.8 Å². The molecule has 33 heavy (non-hydrogen) atoms. The highest BCUT2D eigenvalue weighted by atomic mass is 35.5. The Kier molecular flexibility index (Phi) is 7.25. The summed E-state index contributed by atoms with van der Waals surface area (Å²) in [5.41, 5.74) is 1.40. The molecule has 1 aliphatic rings. The normalized spacial score (nSPS) is 21.0. The predicted molar refractivity (Wildman–Crippen MR) is 126 cm³/mol. The summed E-state index contributed by atoms with van der Waals surface area (Å²) in [6, 6.07) is 7.80. The zero-order valence-electron chi connectivity index (χ0n) is 18.0. The molecule has 11 heteroatoms. The first kappa shape index (κ1) is 24.0. The minimum atomic E-state index is -4.20. The van der Waals surface area contributed by atoms with Crippen molar-refractivity contribution in [2.75, 3.05) is 23.8 Å². The number of hydrogen-bond acceptors (Lipinski definition) is 7.